The van der Waals surface area contributed by atoms with Crippen LogP contribution in [0.25, 0.3) is 0 Å². The van der Waals surface area contributed by atoms with E-state index in [1.54, 1.807) is 6.20 Å². The maximum absolute atomic E-state index is 10.0. The maximum atomic E-state index is 10.0. The number of nitriles is 1. The van der Waals surface area contributed by atoms with E-state index < -0.39 is 0 Å². The summed E-state index contributed by atoms with van der Waals surface area (Å²) in [4.78, 5) is 11.3. The molecule has 4 rings (SSSR count). The van der Waals surface area contributed by atoms with Crippen molar-refractivity contribution in [3.63, 3.8) is 0 Å². The first-order chi connectivity index (χ1) is 17.6. The van der Waals surface area contributed by atoms with Crippen molar-refractivity contribution in [1.82, 2.24) is 9.97 Å². The summed E-state index contributed by atoms with van der Waals surface area (Å²) >= 11 is 0. The summed E-state index contributed by atoms with van der Waals surface area (Å²) < 4.78 is 0. The van der Waals surface area contributed by atoms with Crippen molar-refractivity contribution in [2.45, 2.75) is 38.6 Å². The molecule has 1 aliphatic carbocycles. The van der Waals surface area contributed by atoms with E-state index in [4.69, 9.17) is 0 Å². The van der Waals surface area contributed by atoms with Gasteiger partial charge >= 0.3 is 0 Å². The zero-order valence-corrected chi connectivity index (χ0v) is 20.8. The molecule has 0 saturated carbocycles. The van der Waals surface area contributed by atoms with E-state index in [2.05, 4.69) is 70.5 Å². The van der Waals surface area contributed by atoms with Crippen molar-refractivity contribution >= 4 is 5.82 Å². The van der Waals surface area contributed by atoms with Gasteiger partial charge in [0, 0.05) is 29.7 Å². The molecule has 0 aliphatic heterocycles. The van der Waals surface area contributed by atoms with E-state index in [9.17, 15) is 5.26 Å². The Morgan fingerprint density at radius 1 is 1.03 bits per heavy atom. The Morgan fingerprint density at radius 2 is 1.83 bits per heavy atom. The molecule has 0 amide bonds. The number of anilines is 1. The highest BCUT2D eigenvalue weighted by Gasteiger charge is 2.27. The van der Waals surface area contributed by atoms with Gasteiger partial charge in [0.2, 0.25) is 0 Å². The topological polar surface area (TPSA) is 52.8 Å². The van der Waals surface area contributed by atoms with E-state index in [-0.39, 0.29) is 11.8 Å². The van der Waals surface area contributed by atoms with E-state index >= 15 is 0 Å². The molecule has 0 spiro atoms. The molecule has 2 atom stereocenters. The minimum absolute atomic E-state index is 0.171. The van der Waals surface area contributed by atoms with Crippen LogP contribution < -0.4 is 4.90 Å². The molecule has 36 heavy (non-hydrogen) atoms. The summed E-state index contributed by atoms with van der Waals surface area (Å²) in [5, 5.41) is 10.0. The standard InChI is InChI=1S/C32H32N4/c1-24(20-30(21-33)28-12-6-4-7-13-28)32(29-14-8-5-9-15-29)26(3)36(31-16-10-11-19-34-31)23-27-18-17-25(2)35-22-27/h5-6,8-19,22,30,32H,1,3-4,7,20,23H2,2H3. The fourth-order valence-electron chi connectivity index (χ4n) is 4.59. The van der Waals surface area contributed by atoms with Crippen LogP contribution in [0, 0.1) is 24.2 Å². The summed E-state index contributed by atoms with van der Waals surface area (Å²) in [6, 6.07) is 22.8. The lowest BCUT2D eigenvalue weighted by Crippen LogP contribution is -2.27. The maximum Gasteiger partial charge on any atom is 0.132 e. The molecule has 0 radical (unpaired) electrons. The highest BCUT2D eigenvalue weighted by atomic mass is 15.2. The van der Waals surface area contributed by atoms with Gasteiger partial charge in [-0.1, -0.05) is 79.4 Å². The summed E-state index contributed by atoms with van der Waals surface area (Å²) in [7, 11) is 0. The summed E-state index contributed by atoms with van der Waals surface area (Å²) in [5.41, 5.74) is 6.05. The number of rotatable bonds is 10. The van der Waals surface area contributed by atoms with Gasteiger partial charge in [0.15, 0.2) is 0 Å². The zero-order chi connectivity index (χ0) is 25.3. The quantitative estimate of drug-likeness (QED) is 0.288. The van der Waals surface area contributed by atoms with Gasteiger partial charge in [0.25, 0.3) is 0 Å². The van der Waals surface area contributed by atoms with E-state index in [0.717, 1.165) is 52.3 Å². The van der Waals surface area contributed by atoms with Gasteiger partial charge in [0.05, 0.1) is 18.5 Å². The molecule has 2 heterocycles. The monoisotopic (exact) mass is 472 g/mol. The number of aromatic nitrogens is 2. The first kappa shape index (κ1) is 24.9. The third-order valence-electron chi connectivity index (χ3n) is 6.51. The number of pyridine rings is 2. The first-order valence-corrected chi connectivity index (χ1v) is 12.3. The van der Waals surface area contributed by atoms with Crippen LogP contribution in [-0.2, 0) is 6.54 Å². The van der Waals surface area contributed by atoms with E-state index in [0.29, 0.717) is 13.0 Å². The van der Waals surface area contributed by atoms with Crippen LogP contribution in [-0.4, -0.2) is 9.97 Å². The zero-order valence-electron chi connectivity index (χ0n) is 20.8. The van der Waals surface area contributed by atoms with Crippen molar-refractivity contribution in [3.8, 4) is 6.07 Å². The summed E-state index contributed by atoms with van der Waals surface area (Å²) in [6.45, 7) is 11.7. The average Bonchev–Trinajstić information content (AvgIpc) is 2.93. The molecule has 2 unspecified atom stereocenters. The first-order valence-electron chi connectivity index (χ1n) is 12.3. The molecule has 0 bridgehead atoms. The van der Waals surface area contributed by atoms with Gasteiger partial charge in [-0.25, -0.2) is 4.98 Å². The molecule has 1 aliphatic rings. The van der Waals surface area contributed by atoms with Crippen molar-refractivity contribution < 1.29 is 0 Å². The molecule has 0 N–H and O–H groups in total. The molecule has 3 aromatic rings. The fourth-order valence-corrected chi connectivity index (χ4v) is 4.59. The Labute approximate surface area is 214 Å². The fraction of sp³-hybridized carbons (Fsp3) is 0.219. The second-order valence-corrected chi connectivity index (χ2v) is 9.14. The van der Waals surface area contributed by atoms with Crippen LogP contribution in [0.1, 0.15) is 42.0 Å². The lowest BCUT2D eigenvalue weighted by molar-refractivity contribution is 0.700. The molecule has 4 heteroatoms. The van der Waals surface area contributed by atoms with Gasteiger partial charge < -0.3 is 4.90 Å². The van der Waals surface area contributed by atoms with Crippen molar-refractivity contribution in [1.29, 1.82) is 5.26 Å². The van der Waals surface area contributed by atoms with Crippen LogP contribution in [0.15, 0.2) is 121 Å². The molecule has 4 nitrogen and oxygen atoms in total. The average molecular weight is 473 g/mol. The molecule has 0 fully saturated rings. The van der Waals surface area contributed by atoms with E-state index in [1.807, 2.05) is 55.6 Å². The van der Waals surface area contributed by atoms with Crippen LogP contribution in [0.3, 0.4) is 0 Å². The predicted octanol–water partition coefficient (Wildman–Crippen LogP) is 7.45. The number of allylic oxidation sites excluding steroid dienone is 5. The SMILES string of the molecule is C=C(CC(C#N)C1=CCCC=C1)C(C(=C)N(Cc1ccc(C)nc1)c1ccccn1)c1ccccc1. The van der Waals surface area contributed by atoms with Crippen LogP contribution in [0.2, 0.25) is 0 Å². The smallest absolute Gasteiger partial charge is 0.132 e. The Balaban J connectivity index is 1.69. The summed E-state index contributed by atoms with van der Waals surface area (Å²) in [6.07, 6.45) is 12.7. The highest BCUT2D eigenvalue weighted by Crippen LogP contribution is 2.38. The second kappa shape index (κ2) is 12.0. The molecular formula is C32H32N4. The van der Waals surface area contributed by atoms with Crippen molar-refractivity contribution in [3.05, 3.63) is 138 Å². The summed E-state index contributed by atoms with van der Waals surface area (Å²) in [5.74, 6) is 0.403. The second-order valence-electron chi connectivity index (χ2n) is 9.14. The van der Waals surface area contributed by atoms with Crippen LogP contribution in [0.5, 0.6) is 0 Å². The van der Waals surface area contributed by atoms with Gasteiger partial charge in [-0.15, -0.1) is 0 Å². The Morgan fingerprint density at radius 3 is 2.47 bits per heavy atom. The molecule has 1 aromatic carbocycles. The number of hydrogen-bond acceptors (Lipinski definition) is 4. The number of aryl methyl sites for hydroxylation is 1. The molecule has 2 aromatic heterocycles. The van der Waals surface area contributed by atoms with Gasteiger partial charge in [0.1, 0.15) is 5.82 Å². The largest absolute Gasteiger partial charge is 0.325 e. The highest BCUT2D eigenvalue weighted by molar-refractivity contribution is 5.52. The normalized spacial score (nSPS) is 14.3. The minimum Gasteiger partial charge on any atom is -0.325 e. The van der Waals surface area contributed by atoms with E-state index in [1.165, 1.54) is 0 Å². The van der Waals surface area contributed by atoms with Gasteiger partial charge in [-0.2, -0.15) is 5.26 Å². The predicted molar refractivity (Wildman–Crippen MR) is 147 cm³/mol. The number of nitrogens with zero attached hydrogens (tertiary/aromatic N) is 4. The van der Waals surface area contributed by atoms with Gasteiger partial charge in [-0.05, 0) is 61.1 Å². The molecule has 0 saturated heterocycles. The Kier molecular flexibility index (Phi) is 8.26. The molecule has 180 valence electrons. The Hall–Kier alpha value is -4.23. The number of hydrogen-bond donors (Lipinski definition) is 0. The third kappa shape index (κ3) is 6.06. The lowest BCUT2D eigenvalue weighted by atomic mass is 9.81. The van der Waals surface area contributed by atoms with Crippen LogP contribution in [0.4, 0.5) is 5.82 Å². The van der Waals surface area contributed by atoms with Crippen LogP contribution >= 0.6 is 0 Å². The number of benzene rings is 1. The minimum atomic E-state index is -0.238. The van der Waals surface area contributed by atoms with Crippen molar-refractivity contribution in [2.75, 3.05) is 4.90 Å². The molecular weight excluding hydrogens is 440 g/mol. The third-order valence-corrected chi connectivity index (χ3v) is 6.51. The Bertz CT molecular complexity index is 1280. The van der Waals surface area contributed by atoms with Crippen molar-refractivity contribution in [2.24, 2.45) is 5.92 Å². The van der Waals surface area contributed by atoms with Gasteiger partial charge in [-0.3, -0.25) is 4.98 Å². The lowest BCUT2D eigenvalue weighted by Gasteiger charge is -2.33.